The van der Waals surface area contributed by atoms with Crippen molar-refractivity contribution in [2.45, 2.75) is 50.7 Å². The van der Waals surface area contributed by atoms with Gasteiger partial charge in [-0.15, -0.1) is 0 Å². The zero-order chi connectivity index (χ0) is 27.6. The molecule has 0 aromatic heterocycles. The molecule has 38 heavy (non-hydrogen) atoms. The number of rotatable bonds is 19. The number of aliphatic hydroxyl groups is 2. The summed E-state index contributed by atoms with van der Waals surface area (Å²) in [6.45, 7) is 0.779. The molecule has 2 unspecified atom stereocenters. The second-order valence-electron chi connectivity index (χ2n) is 8.29. The average Bonchev–Trinajstić information content (AvgIpc) is 2.94. The Morgan fingerprint density at radius 1 is 0.632 bits per heavy atom. The largest absolute Gasteiger partial charge is 0.494 e. The Kier molecular flexibility index (Phi) is 14.2. The van der Waals surface area contributed by atoms with Gasteiger partial charge in [-0.3, -0.25) is 19.2 Å². The van der Waals surface area contributed by atoms with Crippen LogP contribution in [0.1, 0.15) is 61.9 Å². The van der Waals surface area contributed by atoms with Crippen LogP contribution >= 0.6 is 0 Å². The standard InChI is InChI=1S/C28H34O10/c29-15-3-17-35-23-11-7-21(8-12-23)25(19-31)37-27(33)5-1-2-6-28(34)38-26(20-32)22-9-13-24(14-10-22)36-18-4-16-30/h7-14,19-20,25-26,29-30H,1-6,15-18H2. The van der Waals surface area contributed by atoms with Crippen molar-refractivity contribution in [1.82, 2.24) is 0 Å². The molecule has 0 saturated carbocycles. The number of carbonyl (C=O) groups excluding carboxylic acids is 4. The van der Waals surface area contributed by atoms with Crippen LogP contribution in [0.3, 0.4) is 0 Å². The summed E-state index contributed by atoms with van der Waals surface area (Å²) in [4.78, 5) is 47.2. The van der Waals surface area contributed by atoms with Crippen molar-refractivity contribution < 1.29 is 48.3 Å². The molecule has 0 fully saturated rings. The van der Waals surface area contributed by atoms with Crippen molar-refractivity contribution in [3.63, 3.8) is 0 Å². The van der Waals surface area contributed by atoms with Crippen molar-refractivity contribution in [2.75, 3.05) is 26.4 Å². The van der Waals surface area contributed by atoms with Crippen LogP contribution < -0.4 is 9.47 Å². The molecule has 2 N–H and O–H groups in total. The molecule has 2 atom stereocenters. The molecule has 0 saturated heterocycles. The molecule has 2 rings (SSSR count). The molecule has 0 heterocycles. The number of unbranched alkanes of at least 4 members (excludes halogenated alkanes) is 1. The highest BCUT2D eigenvalue weighted by Gasteiger charge is 2.18. The van der Waals surface area contributed by atoms with E-state index in [0.29, 0.717) is 74.1 Å². The Hall–Kier alpha value is -3.76. The van der Waals surface area contributed by atoms with E-state index < -0.39 is 24.1 Å². The van der Waals surface area contributed by atoms with Gasteiger partial charge in [0.25, 0.3) is 0 Å². The molecule has 0 aliphatic heterocycles. The van der Waals surface area contributed by atoms with E-state index in [0.717, 1.165) is 0 Å². The minimum absolute atomic E-state index is 0.00876. The lowest BCUT2D eigenvalue weighted by Crippen LogP contribution is -2.14. The SMILES string of the molecule is O=CC(OC(=O)CCCCC(=O)OC(C=O)c1ccc(OCCCO)cc1)c1ccc(OCCCO)cc1. The highest BCUT2D eigenvalue weighted by molar-refractivity contribution is 5.74. The molecule has 0 radical (unpaired) electrons. The lowest BCUT2D eigenvalue weighted by Gasteiger charge is -2.14. The van der Waals surface area contributed by atoms with Gasteiger partial charge in [-0.05, 0) is 48.2 Å². The zero-order valence-corrected chi connectivity index (χ0v) is 21.2. The van der Waals surface area contributed by atoms with Crippen molar-refractivity contribution in [1.29, 1.82) is 0 Å². The lowest BCUT2D eigenvalue weighted by atomic mass is 10.1. The predicted molar refractivity (Wildman–Crippen MR) is 136 cm³/mol. The monoisotopic (exact) mass is 530 g/mol. The van der Waals surface area contributed by atoms with E-state index in [1.54, 1.807) is 48.5 Å². The Balaban J connectivity index is 1.71. The number of carbonyl (C=O) groups is 4. The van der Waals surface area contributed by atoms with Gasteiger partial charge in [0.15, 0.2) is 24.8 Å². The molecule has 10 heteroatoms. The molecular weight excluding hydrogens is 496 g/mol. The molecule has 0 spiro atoms. The smallest absolute Gasteiger partial charge is 0.306 e. The first-order valence-corrected chi connectivity index (χ1v) is 12.5. The maximum Gasteiger partial charge on any atom is 0.306 e. The minimum atomic E-state index is -1.06. The molecule has 0 bridgehead atoms. The fourth-order valence-corrected chi connectivity index (χ4v) is 3.31. The highest BCUT2D eigenvalue weighted by atomic mass is 16.6. The maximum absolute atomic E-state index is 12.2. The lowest BCUT2D eigenvalue weighted by molar-refractivity contribution is -0.153. The summed E-state index contributed by atoms with van der Waals surface area (Å²) in [6.07, 6.45) is 0.645. The first-order valence-electron chi connectivity index (χ1n) is 12.5. The van der Waals surface area contributed by atoms with E-state index in [4.69, 9.17) is 29.2 Å². The Labute approximate surface area is 221 Å². The Morgan fingerprint density at radius 3 is 1.32 bits per heavy atom. The molecule has 2 aromatic carbocycles. The van der Waals surface area contributed by atoms with E-state index in [9.17, 15) is 19.2 Å². The predicted octanol–water partition coefficient (Wildman–Crippen LogP) is 3.04. The van der Waals surface area contributed by atoms with Crippen LogP contribution in [0.25, 0.3) is 0 Å². The van der Waals surface area contributed by atoms with Crippen LogP contribution in [0.15, 0.2) is 48.5 Å². The van der Waals surface area contributed by atoms with Crippen molar-refractivity contribution in [2.24, 2.45) is 0 Å². The summed E-state index contributed by atoms with van der Waals surface area (Å²) in [5.41, 5.74) is 0.993. The van der Waals surface area contributed by atoms with Crippen molar-refractivity contribution >= 4 is 24.5 Å². The number of esters is 2. The number of benzene rings is 2. The fourth-order valence-electron chi connectivity index (χ4n) is 3.31. The van der Waals surface area contributed by atoms with E-state index >= 15 is 0 Å². The van der Waals surface area contributed by atoms with Gasteiger partial charge in [0.05, 0.1) is 13.2 Å². The minimum Gasteiger partial charge on any atom is -0.494 e. The third kappa shape index (κ3) is 11.1. The molecule has 206 valence electrons. The van der Waals surface area contributed by atoms with E-state index in [1.165, 1.54) is 0 Å². The third-order valence-corrected chi connectivity index (χ3v) is 5.34. The second kappa shape index (κ2) is 17.7. The number of ether oxygens (including phenoxy) is 4. The number of hydrogen-bond acceptors (Lipinski definition) is 10. The topological polar surface area (TPSA) is 146 Å². The van der Waals surface area contributed by atoms with Gasteiger partial charge in [0, 0.05) is 38.9 Å². The third-order valence-electron chi connectivity index (χ3n) is 5.34. The van der Waals surface area contributed by atoms with Crippen LogP contribution in [-0.2, 0) is 28.7 Å². The number of aliphatic hydroxyl groups excluding tert-OH is 2. The molecule has 0 aliphatic rings. The molecule has 0 aliphatic carbocycles. The van der Waals surface area contributed by atoms with Crippen LogP contribution in [0.5, 0.6) is 11.5 Å². The van der Waals surface area contributed by atoms with Crippen LogP contribution in [0.4, 0.5) is 0 Å². The van der Waals surface area contributed by atoms with Gasteiger partial charge in [-0.25, -0.2) is 0 Å². The van der Waals surface area contributed by atoms with Crippen LogP contribution in [-0.4, -0.2) is 61.2 Å². The average molecular weight is 531 g/mol. The maximum atomic E-state index is 12.2. The van der Waals surface area contributed by atoms with Crippen molar-refractivity contribution in [3.05, 3.63) is 59.7 Å². The summed E-state index contributed by atoms with van der Waals surface area (Å²) < 4.78 is 21.4. The summed E-state index contributed by atoms with van der Waals surface area (Å²) in [5.74, 6) is -0.0130. The fraction of sp³-hybridized carbons (Fsp3) is 0.429. The number of hydrogen-bond donors (Lipinski definition) is 2. The van der Waals surface area contributed by atoms with Crippen LogP contribution in [0.2, 0.25) is 0 Å². The number of aldehydes is 2. The second-order valence-corrected chi connectivity index (χ2v) is 8.29. The molecular formula is C28H34O10. The van der Waals surface area contributed by atoms with Gasteiger partial charge in [-0.1, -0.05) is 24.3 Å². The Morgan fingerprint density at radius 2 is 1.00 bits per heavy atom. The van der Waals surface area contributed by atoms with Crippen LogP contribution in [0, 0.1) is 0 Å². The van der Waals surface area contributed by atoms with Gasteiger partial charge in [0.2, 0.25) is 0 Å². The van der Waals surface area contributed by atoms with Gasteiger partial charge >= 0.3 is 11.9 Å². The normalized spacial score (nSPS) is 12.2. The van der Waals surface area contributed by atoms with Gasteiger partial charge < -0.3 is 29.2 Å². The first-order chi connectivity index (χ1) is 18.5. The quantitative estimate of drug-likeness (QED) is 0.158. The first kappa shape index (κ1) is 30.5. The molecule has 0 amide bonds. The molecule has 2 aromatic rings. The van der Waals surface area contributed by atoms with Gasteiger partial charge in [-0.2, -0.15) is 0 Å². The summed E-state index contributed by atoms with van der Waals surface area (Å²) in [7, 11) is 0. The zero-order valence-electron chi connectivity index (χ0n) is 21.2. The highest BCUT2D eigenvalue weighted by Crippen LogP contribution is 2.22. The van der Waals surface area contributed by atoms with E-state index in [-0.39, 0.29) is 26.1 Å². The van der Waals surface area contributed by atoms with Crippen molar-refractivity contribution in [3.8, 4) is 11.5 Å². The van der Waals surface area contributed by atoms with E-state index in [1.807, 2.05) is 0 Å². The summed E-state index contributed by atoms with van der Waals surface area (Å²) in [6, 6.07) is 13.1. The van der Waals surface area contributed by atoms with Gasteiger partial charge in [0.1, 0.15) is 11.5 Å². The van der Waals surface area contributed by atoms with E-state index in [2.05, 4.69) is 0 Å². The summed E-state index contributed by atoms with van der Waals surface area (Å²) >= 11 is 0. The Bertz CT molecular complexity index is 906. The summed E-state index contributed by atoms with van der Waals surface area (Å²) in [5, 5.41) is 17.6. The molecule has 10 nitrogen and oxygen atoms in total.